The number of anilines is 1. The minimum atomic E-state index is -0.633. The zero-order valence-corrected chi connectivity index (χ0v) is 15.1. The summed E-state index contributed by atoms with van der Waals surface area (Å²) in [7, 11) is 0. The van der Waals surface area contributed by atoms with Crippen molar-refractivity contribution in [2.45, 2.75) is 44.3 Å². The third-order valence-electron chi connectivity index (χ3n) is 4.74. The van der Waals surface area contributed by atoms with Crippen molar-refractivity contribution >= 4 is 39.4 Å². The van der Waals surface area contributed by atoms with Crippen molar-refractivity contribution in [3.05, 3.63) is 16.1 Å². The highest BCUT2D eigenvalue weighted by atomic mass is 127. The molecule has 0 radical (unpaired) electrons. The van der Waals surface area contributed by atoms with Crippen LogP contribution in [0.2, 0.25) is 0 Å². The van der Waals surface area contributed by atoms with E-state index in [9.17, 15) is 5.11 Å². The molecule has 2 aliphatic rings. The zero-order chi connectivity index (χ0) is 16.4. The molecular formula is C15H19IN4O3. The van der Waals surface area contributed by atoms with Crippen LogP contribution in [0.15, 0.2) is 12.5 Å². The first kappa shape index (κ1) is 15.6. The fourth-order valence-electron chi connectivity index (χ4n) is 3.82. The monoisotopic (exact) mass is 430 g/mol. The maximum Gasteiger partial charge on any atom is 0.163 e. The summed E-state index contributed by atoms with van der Waals surface area (Å²) in [6.07, 6.45) is 4.09. The molecule has 0 amide bonds. The van der Waals surface area contributed by atoms with E-state index >= 15 is 0 Å². The molecule has 124 valence electrons. The van der Waals surface area contributed by atoms with Crippen molar-refractivity contribution < 1.29 is 14.6 Å². The van der Waals surface area contributed by atoms with Crippen LogP contribution in [0, 0.1) is 9.49 Å². The van der Waals surface area contributed by atoms with E-state index in [4.69, 9.17) is 15.2 Å². The molecule has 0 unspecified atom stereocenters. The maximum absolute atomic E-state index is 9.72. The average Bonchev–Trinajstić information content (AvgIpc) is 3.08. The molecular weight excluding hydrogens is 411 g/mol. The third-order valence-corrected chi connectivity index (χ3v) is 5.55. The predicted octanol–water partition coefficient (Wildman–Crippen LogP) is 1.69. The van der Waals surface area contributed by atoms with Gasteiger partial charge in [-0.2, -0.15) is 0 Å². The Morgan fingerprint density at radius 3 is 2.87 bits per heavy atom. The molecule has 23 heavy (non-hydrogen) atoms. The molecule has 3 N–H and O–H groups in total. The number of ether oxygens (including phenoxy) is 2. The minimum Gasteiger partial charge on any atom is -0.396 e. The van der Waals surface area contributed by atoms with Crippen LogP contribution in [0.3, 0.4) is 0 Å². The Bertz CT molecular complexity index is 763. The molecule has 8 heteroatoms. The van der Waals surface area contributed by atoms with Gasteiger partial charge in [0.05, 0.1) is 17.5 Å². The van der Waals surface area contributed by atoms with Crippen molar-refractivity contribution in [3.8, 4) is 0 Å². The lowest BCUT2D eigenvalue weighted by Gasteiger charge is -2.24. The fraction of sp³-hybridized carbons (Fsp3) is 0.600. The lowest BCUT2D eigenvalue weighted by atomic mass is 10.1. The Morgan fingerprint density at radius 2 is 2.13 bits per heavy atom. The number of nitrogens with zero attached hydrogens (tertiary/aromatic N) is 3. The summed E-state index contributed by atoms with van der Waals surface area (Å²) in [6, 6.07) is 0.0549. The van der Waals surface area contributed by atoms with E-state index in [0.717, 1.165) is 21.0 Å². The largest absolute Gasteiger partial charge is 0.396 e. The summed E-state index contributed by atoms with van der Waals surface area (Å²) in [4.78, 5) is 8.50. The van der Waals surface area contributed by atoms with Crippen LogP contribution >= 0.6 is 22.6 Å². The van der Waals surface area contributed by atoms with Gasteiger partial charge < -0.3 is 24.9 Å². The number of aromatic nitrogens is 3. The Labute approximate surface area is 147 Å². The molecule has 2 fully saturated rings. The number of aliphatic hydroxyl groups is 1. The normalized spacial score (nSPS) is 32.5. The highest BCUT2D eigenvalue weighted by Crippen LogP contribution is 2.47. The van der Waals surface area contributed by atoms with E-state index in [1.54, 1.807) is 0 Å². The third kappa shape index (κ3) is 2.34. The molecule has 2 aromatic heterocycles. The second kappa shape index (κ2) is 5.27. The van der Waals surface area contributed by atoms with Gasteiger partial charge in [-0.15, -0.1) is 0 Å². The summed E-state index contributed by atoms with van der Waals surface area (Å²) < 4.78 is 15.3. The highest BCUT2D eigenvalue weighted by Gasteiger charge is 2.54. The van der Waals surface area contributed by atoms with Gasteiger partial charge in [0.25, 0.3) is 0 Å². The standard InChI is InChI=1S/C15H19IN4O3/c1-15(2)22-11-7(5-21)3-9(12(11)23-15)20-4-8(16)10-13(17)18-6-19-14(10)20/h4,6-7,9,11-12,21H,3,5H2,1-2H3,(H2,17,18,19)/t7-,9-,11-,12+/m1/s1. The topological polar surface area (TPSA) is 95.4 Å². The SMILES string of the molecule is CC1(C)O[C@@H]2[C@@H](CO)C[C@@H](n3cc(I)c4c(N)ncnc43)[C@@H]2O1. The molecule has 1 aliphatic carbocycles. The van der Waals surface area contributed by atoms with E-state index in [1.807, 2.05) is 20.0 Å². The van der Waals surface area contributed by atoms with Crippen LogP contribution in [0.1, 0.15) is 26.3 Å². The fourth-order valence-corrected chi connectivity index (χ4v) is 4.64. The smallest absolute Gasteiger partial charge is 0.163 e. The zero-order valence-electron chi connectivity index (χ0n) is 12.9. The Hall–Kier alpha value is -0.970. The van der Waals surface area contributed by atoms with E-state index in [0.29, 0.717) is 5.82 Å². The summed E-state index contributed by atoms with van der Waals surface area (Å²) >= 11 is 2.25. The lowest BCUT2D eigenvalue weighted by molar-refractivity contribution is -0.161. The first-order valence-corrected chi connectivity index (χ1v) is 8.72. The summed E-state index contributed by atoms with van der Waals surface area (Å²) in [5.74, 6) is -0.0951. The van der Waals surface area contributed by atoms with Crippen LogP contribution in [0.4, 0.5) is 5.82 Å². The van der Waals surface area contributed by atoms with Gasteiger partial charge in [-0.1, -0.05) is 0 Å². The Balaban J connectivity index is 1.81. The molecule has 7 nitrogen and oxygen atoms in total. The van der Waals surface area contributed by atoms with E-state index < -0.39 is 5.79 Å². The van der Waals surface area contributed by atoms with Crippen molar-refractivity contribution in [1.82, 2.24) is 14.5 Å². The van der Waals surface area contributed by atoms with Gasteiger partial charge in [0, 0.05) is 22.3 Å². The second-order valence-electron chi connectivity index (χ2n) is 6.65. The number of rotatable bonds is 2. The second-order valence-corrected chi connectivity index (χ2v) is 7.81. The molecule has 0 aromatic carbocycles. The molecule has 0 bridgehead atoms. The van der Waals surface area contributed by atoms with Gasteiger partial charge in [-0.25, -0.2) is 9.97 Å². The van der Waals surface area contributed by atoms with Gasteiger partial charge in [0.2, 0.25) is 0 Å². The summed E-state index contributed by atoms with van der Waals surface area (Å²) in [6.45, 7) is 3.91. The van der Waals surface area contributed by atoms with Crippen molar-refractivity contribution in [1.29, 1.82) is 0 Å². The summed E-state index contributed by atoms with van der Waals surface area (Å²) in [5, 5.41) is 10.6. The lowest BCUT2D eigenvalue weighted by Crippen LogP contribution is -2.27. The van der Waals surface area contributed by atoms with Crippen molar-refractivity contribution in [2.24, 2.45) is 5.92 Å². The molecule has 1 aliphatic heterocycles. The van der Waals surface area contributed by atoms with Gasteiger partial charge >= 0.3 is 0 Å². The minimum absolute atomic E-state index is 0.0549. The molecule has 4 rings (SSSR count). The first-order valence-electron chi connectivity index (χ1n) is 7.64. The molecule has 4 atom stereocenters. The average molecular weight is 430 g/mol. The Morgan fingerprint density at radius 1 is 1.39 bits per heavy atom. The number of nitrogens with two attached hydrogens (primary N) is 1. The van der Waals surface area contributed by atoms with E-state index in [-0.39, 0.29) is 30.8 Å². The molecule has 0 spiro atoms. The maximum atomic E-state index is 9.72. The van der Waals surface area contributed by atoms with E-state index in [1.165, 1.54) is 6.33 Å². The number of fused-ring (bicyclic) bond motifs is 2. The molecule has 1 saturated carbocycles. The van der Waals surface area contributed by atoms with Crippen LogP contribution in [0.25, 0.3) is 11.0 Å². The molecule has 2 aromatic rings. The number of nitrogen functional groups attached to an aromatic ring is 1. The molecule has 1 saturated heterocycles. The number of halogens is 1. The highest BCUT2D eigenvalue weighted by molar-refractivity contribution is 14.1. The predicted molar refractivity (Wildman–Crippen MR) is 92.7 cm³/mol. The van der Waals surface area contributed by atoms with Gasteiger partial charge in [-0.05, 0) is 42.9 Å². The van der Waals surface area contributed by atoms with Crippen LogP contribution in [0.5, 0.6) is 0 Å². The van der Waals surface area contributed by atoms with E-state index in [2.05, 4.69) is 37.1 Å². The van der Waals surface area contributed by atoms with Crippen molar-refractivity contribution in [3.63, 3.8) is 0 Å². The Kier molecular flexibility index (Phi) is 3.56. The number of hydrogen-bond acceptors (Lipinski definition) is 6. The van der Waals surface area contributed by atoms with Gasteiger partial charge in [0.15, 0.2) is 5.79 Å². The van der Waals surface area contributed by atoms with Crippen LogP contribution in [-0.2, 0) is 9.47 Å². The van der Waals surface area contributed by atoms with Gasteiger partial charge in [-0.3, -0.25) is 0 Å². The van der Waals surface area contributed by atoms with Crippen LogP contribution in [-0.4, -0.2) is 44.2 Å². The number of hydrogen-bond donors (Lipinski definition) is 2. The summed E-state index contributed by atoms with van der Waals surface area (Å²) in [5.41, 5.74) is 6.81. The number of aliphatic hydroxyl groups excluding tert-OH is 1. The molecule has 3 heterocycles. The van der Waals surface area contributed by atoms with Crippen LogP contribution < -0.4 is 5.73 Å². The first-order chi connectivity index (χ1) is 10.9. The van der Waals surface area contributed by atoms with Gasteiger partial charge in [0.1, 0.15) is 23.9 Å². The quantitative estimate of drug-likeness (QED) is 0.705. The van der Waals surface area contributed by atoms with Crippen molar-refractivity contribution in [2.75, 3.05) is 12.3 Å².